The summed E-state index contributed by atoms with van der Waals surface area (Å²) >= 11 is 13.3. The SMILES string of the molecule is CC(C(=O)C(C)c1ccc(NCc2cn[nH]c2-c2ccc(C(F)(F)F)cc2)c(Cl)c1)c1ccc(NCc2cn[nH]c2-c2ccc(C(F)(F)F)cc2)c(Cl)c1. The zero-order valence-corrected chi connectivity index (χ0v) is 30.1. The van der Waals surface area contributed by atoms with Crippen molar-refractivity contribution in [3.05, 3.63) is 141 Å². The summed E-state index contributed by atoms with van der Waals surface area (Å²) in [7, 11) is 0. The van der Waals surface area contributed by atoms with Gasteiger partial charge in [-0.25, -0.2) is 0 Å². The monoisotopic (exact) mass is 784 g/mol. The number of ketones is 1. The molecule has 280 valence electrons. The van der Waals surface area contributed by atoms with Gasteiger partial charge in [0.15, 0.2) is 0 Å². The zero-order chi connectivity index (χ0) is 38.8. The topological polar surface area (TPSA) is 98.5 Å². The highest BCUT2D eigenvalue weighted by molar-refractivity contribution is 6.33. The van der Waals surface area contributed by atoms with Crippen LogP contribution in [0, 0.1) is 0 Å². The maximum atomic E-state index is 13.6. The standard InChI is InChI=1S/C39H32Cl2F6N6O/c1-21(25-7-13-33(31(40)15-25)48-17-27-19-50-52-35(27)23-3-9-29(10-4-23)38(42,43)44)37(54)22(2)26-8-14-34(32(41)16-26)49-18-28-20-51-53-36(28)24-5-11-30(12-6-24)39(45,46)47/h3-16,19-22,48-49H,17-18H2,1-2H3,(H,50,52)(H,51,53). The number of H-pyrrole nitrogens is 2. The molecule has 2 unspecified atom stereocenters. The van der Waals surface area contributed by atoms with Gasteiger partial charge in [-0.1, -0.05) is 73.4 Å². The minimum atomic E-state index is -4.43. The molecule has 4 aromatic carbocycles. The van der Waals surface area contributed by atoms with Crippen molar-refractivity contribution in [1.29, 1.82) is 0 Å². The molecule has 2 atom stereocenters. The van der Waals surface area contributed by atoms with Crippen LogP contribution in [-0.4, -0.2) is 26.2 Å². The van der Waals surface area contributed by atoms with Crippen LogP contribution in [0.25, 0.3) is 22.5 Å². The molecule has 54 heavy (non-hydrogen) atoms. The fourth-order valence-electron chi connectivity index (χ4n) is 6.01. The van der Waals surface area contributed by atoms with Crippen LogP contribution >= 0.6 is 23.2 Å². The third-order valence-corrected chi connectivity index (χ3v) is 9.84. The van der Waals surface area contributed by atoms with Gasteiger partial charge in [-0.05, 0) is 70.8 Å². The molecule has 0 saturated carbocycles. The number of alkyl halides is 6. The number of aromatic nitrogens is 4. The van der Waals surface area contributed by atoms with E-state index in [2.05, 4.69) is 31.0 Å². The average molecular weight is 786 g/mol. The van der Waals surface area contributed by atoms with Gasteiger partial charge >= 0.3 is 12.4 Å². The second-order valence-electron chi connectivity index (χ2n) is 12.7. The van der Waals surface area contributed by atoms with E-state index in [-0.39, 0.29) is 18.9 Å². The zero-order valence-electron chi connectivity index (χ0n) is 28.6. The molecule has 0 aliphatic heterocycles. The third-order valence-electron chi connectivity index (χ3n) is 9.22. The Morgan fingerprint density at radius 1 is 0.630 bits per heavy atom. The van der Waals surface area contributed by atoms with Gasteiger partial charge in [0, 0.05) is 36.1 Å². The fourth-order valence-corrected chi connectivity index (χ4v) is 6.53. The molecule has 15 heteroatoms. The smallest absolute Gasteiger partial charge is 0.380 e. The Balaban J connectivity index is 1.06. The maximum absolute atomic E-state index is 13.6. The molecule has 0 bridgehead atoms. The first-order valence-corrected chi connectivity index (χ1v) is 17.4. The van der Waals surface area contributed by atoms with Crippen LogP contribution in [-0.2, 0) is 30.2 Å². The van der Waals surface area contributed by atoms with Crippen molar-refractivity contribution < 1.29 is 31.1 Å². The van der Waals surface area contributed by atoms with Crippen molar-refractivity contribution in [2.75, 3.05) is 10.6 Å². The van der Waals surface area contributed by atoms with E-state index < -0.39 is 35.3 Å². The van der Waals surface area contributed by atoms with E-state index in [1.165, 1.54) is 24.3 Å². The number of hydrogen-bond acceptors (Lipinski definition) is 5. The Hall–Kier alpha value is -5.27. The van der Waals surface area contributed by atoms with Crippen LogP contribution in [0.2, 0.25) is 10.0 Å². The summed E-state index contributed by atoms with van der Waals surface area (Å²) in [6, 6.07) is 20.2. The lowest BCUT2D eigenvalue weighted by molar-refractivity contribution is -0.138. The largest absolute Gasteiger partial charge is 0.416 e. The number of halogens is 8. The molecule has 7 nitrogen and oxygen atoms in total. The first-order chi connectivity index (χ1) is 25.6. The molecule has 0 aliphatic rings. The van der Waals surface area contributed by atoms with E-state index >= 15 is 0 Å². The van der Waals surface area contributed by atoms with Crippen LogP contribution < -0.4 is 10.6 Å². The van der Waals surface area contributed by atoms with Crippen LogP contribution in [0.1, 0.15) is 59.1 Å². The van der Waals surface area contributed by atoms with Crippen LogP contribution in [0.15, 0.2) is 97.3 Å². The summed E-state index contributed by atoms with van der Waals surface area (Å²) in [5.74, 6) is -1.07. The molecule has 4 N–H and O–H groups in total. The highest BCUT2D eigenvalue weighted by Gasteiger charge is 2.31. The molecular weight excluding hydrogens is 753 g/mol. The molecule has 0 aliphatic carbocycles. The van der Waals surface area contributed by atoms with Crippen molar-refractivity contribution >= 4 is 40.4 Å². The number of rotatable bonds is 12. The Bertz CT molecular complexity index is 2090. The second-order valence-corrected chi connectivity index (χ2v) is 13.5. The van der Waals surface area contributed by atoms with Crippen molar-refractivity contribution in [3.63, 3.8) is 0 Å². The lowest BCUT2D eigenvalue weighted by atomic mass is 9.85. The van der Waals surface area contributed by atoms with E-state index in [9.17, 15) is 31.1 Å². The van der Waals surface area contributed by atoms with Gasteiger partial charge in [-0.3, -0.25) is 15.0 Å². The van der Waals surface area contributed by atoms with E-state index in [1.54, 1.807) is 50.5 Å². The molecule has 6 aromatic rings. The van der Waals surface area contributed by atoms with Gasteiger partial charge in [0.2, 0.25) is 0 Å². The normalized spacial score (nSPS) is 13.1. The van der Waals surface area contributed by atoms with E-state index in [4.69, 9.17) is 23.2 Å². The number of nitrogens with one attached hydrogen (secondary N) is 4. The molecule has 6 rings (SSSR count). The van der Waals surface area contributed by atoms with Gasteiger partial charge in [0.05, 0.1) is 56.3 Å². The molecule has 0 radical (unpaired) electrons. The van der Waals surface area contributed by atoms with Gasteiger partial charge < -0.3 is 10.6 Å². The van der Waals surface area contributed by atoms with Crippen molar-refractivity contribution in [3.8, 4) is 22.5 Å². The highest BCUT2D eigenvalue weighted by atomic mass is 35.5. The maximum Gasteiger partial charge on any atom is 0.416 e. The number of nitrogens with zero attached hydrogens (tertiary/aromatic N) is 2. The Kier molecular flexibility index (Phi) is 11.1. The predicted octanol–water partition coefficient (Wildman–Crippen LogP) is 11.5. The average Bonchev–Trinajstić information content (AvgIpc) is 3.82. The van der Waals surface area contributed by atoms with Crippen LogP contribution in [0.3, 0.4) is 0 Å². The number of benzene rings is 4. The molecule has 0 fully saturated rings. The molecule has 0 saturated heterocycles. The first kappa shape index (κ1) is 38.5. The quantitative estimate of drug-likeness (QED) is 0.0926. The summed E-state index contributed by atoms with van der Waals surface area (Å²) in [4.78, 5) is 13.6. The van der Waals surface area contributed by atoms with E-state index in [1.807, 2.05) is 12.1 Å². The summed E-state index contributed by atoms with van der Waals surface area (Å²) < 4.78 is 78.0. The van der Waals surface area contributed by atoms with Crippen LogP contribution in [0.4, 0.5) is 37.7 Å². The number of aromatic amines is 2. The number of Topliss-reactive ketones (excluding diaryl/α,β-unsaturated/α-hetero) is 1. The van der Waals surface area contributed by atoms with Gasteiger partial charge in [0.25, 0.3) is 0 Å². The molecule has 0 spiro atoms. The summed E-state index contributed by atoms with van der Waals surface area (Å²) in [5, 5.41) is 21.0. The molecule has 0 amide bonds. The van der Waals surface area contributed by atoms with E-state index in [0.717, 1.165) is 35.4 Å². The van der Waals surface area contributed by atoms with Gasteiger partial charge in [0.1, 0.15) is 5.78 Å². The minimum absolute atomic E-state index is 0.0530. The lowest BCUT2D eigenvalue weighted by Crippen LogP contribution is -2.17. The first-order valence-electron chi connectivity index (χ1n) is 16.6. The van der Waals surface area contributed by atoms with Gasteiger partial charge in [-0.2, -0.15) is 36.5 Å². The molecule has 2 aromatic heterocycles. The van der Waals surface area contributed by atoms with Crippen molar-refractivity contribution in [2.24, 2.45) is 0 Å². The minimum Gasteiger partial charge on any atom is -0.380 e. The molecule has 2 heterocycles. The third kappa shape index (κ3) is 8.58. The summed E-state index contributed by atoms with van der Waals surface area (Å²) in [6.07, 6.45) is -5.69. The Morgan fingerprint density at radius 3 is 1.33 bits per heavy atom. The summed E-state index contributed by atoms with van der Waals surface area (Å²) in [5.41, 5.74) is 4.83. The number of anilines is 2. The number of carbonyl (C=O) groups excluding carboxylic acids is 1. The molecular formula is C39H32Cl2F6N6O. The number of hydrogen-bond donors (Lipinski definition) is 4. The van der Waals surface area contributed by atoms with Crippen LogP contribution in [0.5, 0.6) is 0 Å². The summed E-state index contributed by atoms with van der Waals surface area (Å²) in [6.45, 7) is 4.17. The Morgan fingerprint density at radius 2 is 1.00 bits per heavy atom. The number of carbonyl (C=O) groups is 1. The predicted molar refractivity (Wildman–Crippen MR) is 197 cm³/mol. The lowest BCUT2D eigenvalue weighted by Gasteiger charge is -2.19. The van der Waals surface area contributed by atoms with Crippen molar-refractivity contribution in [1.82, 2.24) is 20.4 Å². The second kappa shape index (κ2) is 15.6. The van der Waals surface area contributed by atoms with Crippen molar-refractivity contribution in [2.45, 2.75) is 51.1 Å². The highest BCUT2D eigenvalue weighted by Crippen LogP contribution is 2.36. The fraction of sp³-hybridized carbons (Fsp3) is 0.205. The Labute approximate surface area is 316 Å². The van der Waals surface area contributed by atoms with E-state index in [0.29, 0.717) is 55.1 Å². The van der Waals surface area contributed by atoms with Gasteiger partial charge in [-0.15, -0.1) is 0 Å².